The Kier molecular flexibility index (Phi) is 7.55. The highest BCUT2D eigenvalue weighted by atomic mass is 35.5. The molecule has 2 aromatic carbocycles. The zero-order chi connectivity index (χ0) is 21.7. The molecule has 0 saturated carbocycles. The second-order valence-corrected chi connectivity index (χ2v) is 8.61. The lowest BCUT2D eigenvalue weighted by Gasteiger charge is -2.10. The number of thioether (sulfide) groups is 1. The van der Waals surface area contributed by atoms with Crippen molar-refractivity contribution in [2.75, 3.05) is 18.5 Å². The first-order valence-electron chi connectivity index (χ1n) is 8.71. The third-order valence-electron chi connectivity index (χ3n) is 3.94. The summed E-state index contributed by atoms with van der Waals surface area (Å²) >= 11 is 18.3. The summed E-state index contributed by atoms with van der Waals surface area (Å²) < 4.78 is 6.02. The van der Waals surface area contributed by atoms with Crippen LogP contribution in [0.15, 0.2) is 60.0 Å². The number of carbonyl (C=O) groups excluding carboxylic acids is 2. The number of thiocarbonyl (C=S) groups is 1. The van der Waals surface area contributed by atoms with Crippen LogP contribution < -0.4 is 10.1 Å². The first-order valence-corrected chi connectivity index (χ1v) is 10.7. The number of nitrogens with one attached hydrogen (secondary N) is 1. The molecule has 0 unspecified atom stereocenters. The predicted molar refractivity (Wildman–Crippen MR) is 127 cm³/mol. The standard InChI is InChI=1S/C21H16Cl2N2O3S2/c1-2-9-25-20(27)18(30-21(25)29)10-13-3-6-15(7-4-13)28-12-19(26)24-14-5-8-16(22)17(23)11-14/h2-8,10-11H,1,9,12H2,(H,24,26)/b18-10-. The molecular formula is C21H16Cl2N2O3S2. The lowest BCUT2D eigenvalue weighted by Crippen LogP contribution is -2.27. The lowest BCUT2D eigenvalue weighted by molar-refractivity contribution is -0.121. The fourth-order valence-corrected chi connectivity index (χ4v) is 4.09. The molecule has 1 aliphatic rings. The van der Waals surface area contributed by atoms with Gasteiger partial charge in [-0.05, 0) is 42.0 Å². The summed E-state index contributed by atoms with van der Waals surface area (Å²) in [6.07, 6.45) is 3.40. The minimum atomic E-state index is -0.330. The Labute approximate surface area is 193 Å². The van der Waals surface area contributed by atoms with Crippen LogP contribution in [0.4, 0.5) is 5.69 Å². The molecule has 30 heavy (non-hydrogen) atoms. The van der Waals surface area contributed by atoms with Gasteiger partial charge in [0.1, 0.15) is 10.1 Å². The molecule has 1 heterocycles. The Morgan fingerprint density at radius 1 is 1.20 bits per heavy atom. The lowest BCUT2D eigenvalue weighted by atomic mass is 10.2. The quantitative estimate of drug-likeness (QED) is 0.328. The molecule has 0 aliphatic carbocycles. The summed E-state index contributed by atoms with van der Waals surface area (Å²) in [7, 11) is 0. The second-order valence-electron chi connectivity index (χ2n) is 6.12. The van der Waals surface area contributed by atoms with Gasteiger partial charge in [0.05, 0.1) is 15.0 Å². The molecule has 154 valence electrons. The number of ether oxygens (including phenoxy) is 1. The number of carbonyl (C=O) groups is 2. The minimum Gasteiger partial charge on any atom is -0.484 e. The van der Waals surface area contributed by atoms with Gasteiger partial charge in [-0.3, -0.25) is 14.5 Å². The highest BCUT2D eigenvalue weighted by Gasteiger charge is 2.30. The van der Waals surface area contributed by atoms with Crippen LogP contribution in [0.25, 0.3) is 6.08 Å². The van der Waals surface area contributed by atoms with E-state index in [1.807, 2.05) is 0 Å². The van der Waals surface area contributed by atoms with Gasteiger partial charge < -0.3 is 10.1 Å². The third-order valence-corrected chi connectivity index (χ3v) is 6.05. The predicted octanol–water partition coefficient (Wildman–Crippen LogP) is 5.40. The van der Waals surface area contributed by atoms with Crippen molar-refractivity contribution in [1.82, 2.24) is 4.90 Å². The van der Waals surface area contributed by atoms with Crippen molar-refractivity contribution >= 4 is 75.1 Å². The molecule has 1 saturated heterocycles. The van der Waals surface area contributed by atoms with Gasteiger partial charge >= 0.3 is 0 Å². The SMILES string of the molecule is C=CCN1C(=O)/C(=C/c2ccc(OCC(=O)Nc3ccc(Cl)c(Cl)c3)cc2)SC1=S. The Bertz CT molecular complexity index is 1040. The zero-order valence-electron chi connectivity index (χ0n) is 15.6. The van der Waals surface area contributed by atoms with Crippen molar-refractivity contribution in [3.8, 4) is 5.75 Å². The molecule has 5 nitrogen and oxygen atoms in total. The summed E-state index contributed by atoms with van der Waals surface area (Å²) in [5.74, 6) is 0.0585. The first-order chi connectivity index (χ1) is 14.4. The molecule has 1 fully saturated rings. The van der Waals surface area contributed by atoms with Crippen LogP contribution in [0.1, 0.15) is 5.56 Å². The molecule has 2 amide bonds. The largest absolute Gasteiger partial charge is 0.484 e. The maximum atomic E-state index is 12.4. The Morgan fingerprint density at radius 3 is 2.60 bits per heavy atom. The van der Waals surface area contributed by atoms with Crippen LogP contribution in [-0.2, 0) is 9.59 Å². The van der Waals surface area contributed by atoms with E-state index in [-0.39, 0.29) is 18.4 Å². The van der Waals surface area contributed by atoms with Crippen molar-refractivity contribution in [3.05, 3.63) is 75.6 Å². The molecule has 0 atom stereocenters. The Hall–Kier alpha value is -2.32. The summed E-state index contributed by atoms with van der Waals surface area (Å²) in [4.78, 5) is 26.5. The Morgan fingerprint density at radius 2 is 1.93 bits per heavy atom. The average Bonchev–Trinajstić information content (AvgIpc) is 2.98. The van der Waals surface area contributed by atoms with Gasteiger partial charge in [0.2, 0.25) is 0 Å². The number of nitrogens with zero attached hydrogens (tertiary/aromatic N) is 1. The third kappa shape index (κ3) is 5.64. The number of hydrogen-bond acceptors (Lipinski definition) is 5. The number of anilines is 1. The van der Waals surface area contributed by atoms with Gasteiger partial charge in [-0.2, -0.15) is 0 Å². The van der Waals surface area contributed by atoms with Gasteiger partial charge in [-0.15, -0.1) is 6.58 Å². The van der Waals surface area contributed by atoms with E-state index in [2.05, 4.69) is 11.9 Å². The van der Waals surface area contributed by atoms with E-state index in [4.69, 9.17) is 40.2 Å². The fourth-order valence-electron chi connectivity index (χ4n) is 2.52. The molecule has 9 heteroatoms. The van der Waals surface area contributed by atoms with Crippen LogP contribution in [-0.4, -0.2) is 34.2 Å². The molecule has 3 rings (SSSR count). The topological polar surface area (TPSA) is 58.6 Å². The van der Waals surface area contributed by atoms with Crippen molar-refractivity contribution in [3.63, 3.8) is 0 Å². The molecule has 0 aromatic heterocycles. The van der Waals surface area contributed by atoms with Crippen LogP contribution in [0, 0.1) is 0 Å². The van der Waals surface area contributed by atoms with Gasteiger partial charge in [-0.25, -0.2) is 0 Å². The summed E-state index contributed by atoms with van der Waals surface area (Å²) in [5, 5.41) is 3.45. The molecular weight excluding hydrogens is 463 g/mol. The normalized spacial score (nSPS) is 14.9. The van der Waals surface area contributed by atoms with Crippen LogP contribution in [0.5, 0.6) is 5.75 Å². The molecule has 2 aromatic rings. The highest BCUT2D eigenvalue weighted by Crippen LogP contribution is 2.32. The number of amides is 2. The maximum absolute atomic E-state index is 12.4. The first kappa shape index (κ1) is 22.4. The van der Waals surface area contributed by atoms with Crippen molar-refractivity contribution in [2.24, 2.45) is 0 Å². The maximum Gasteiger partial charge on any atom is 0.266 e. The van der Waals surface area contributed by atoms with Gasteiger partial charge in [0.25, 0.3) is 11.8 Å². The van der Waals surface area contributed by atoms with E-state index in [0.717, 1.165) is 5.56 Å². The van der Waals surface area contributed by atoms with E-state index >= 15 is 0 Å². The Balaban J connectivity index is 1.56. The number of halogens is 2. The molecule has 0 spiro atoms. The van der Waals surface area contributed by atoms with E-state index in [1.165, 1.54) is 16.7 Å². The minimum absolute atomic E-state index is 0.135. The number of benzene rings is 2. The van der Waals surface area contributed by atoms with E-state index in [1.54, 1.807) is 54.6 Å². The highest BCUT2D eigenvalue weighted by molar-refractivity contribution is 8.26. The fraction of sp³-hybridized carbons (Fsp3) is 0.0952. The number of rotatable bonds is 7. The second kappa shape index (κ2) is 10.1. The summed E-state index contributed by atoms with van der Waals surface area (Å²) in [6, 6.07) is 11.9. The molecule has 1 aliphatic heterocycles. The van der Waals surface area contributed by atoms with Crippen LogP contribution in [0.2, 0.25) is 10.0 Å². The van der Waals surface area contributed by atoms with Crippen LogP contribution >= 0.6 is 47.2 Å². The summed E-state index contributed by atoms with van der Waals surface area (Å²) in [6.45, 7) is 3.86. The van der Waals surface area contributed by atoms with Crippen molar-refractivity contribution in [2.45, 2.75) is 0 Å². The summed E-state index contributed by atoms with van der Waals surface area (Å²) in [5.41, 5.74) is 1.35. The molecule has 0 bridgehead atoms. The van der Waals surface area contributed by atoms with Gasteiger partial charge in [0.15, 0.2) is 6.61 Å². The zero-order valence-corrected chi connectivity index (χ0v) is 18.7. The van der Waals surface area contributed by atoms with E-state index < -0.39 is 0 Å². The van der Waals surface area contributed by atoms with Gasteiger partial charge in [-0.1, -0.05) is 65.4 Å². The molecule has 0 radical (unpaired) electrons. The van der Waals surface area contributed by atoms with Crippen molar-refractivity contribution < 1.29 is 14.3 Å². The van der Waals surface area contributed by atoms with E-state index in [9.17, 15) is 9.59 Å². The average molecular weight is 479 g/mol. The van der Waals surface area contributed by atoms with E-state index in [0.29, 0.717) is 37.3 Å². The smallest absolute Gasteiger partial charge is 0.266 e. The van der Waals surface area contributed by atoms with Crippen LogP contribution in [0.3, 0.4) is 0 Å². The molecule has 1 N–H and O–H groups in total. The number of hydrogen-bond donors (Lipinski definition) is 1. The van der Waals surface area contributed by atoms with Gasteiger partial charge in [0, 0.05) is 12.2 Å². The van der Waals surface area contributed by atoms with Crippen molar-refractivity contribution in [1.29, 1.82) is 0 Å². The monoisotopic (exact) mass is 478 g/mol.